The standard InChI is InChI=1S/C15H26N2O/c1-4-11-17(3)12-10-15(13-18,16-2)14-8-6-5-7-9-14/h5-9,16,18H,4,10-13H2,1-3H3. The van der Waals surface area contributed by atoms with Crippen molar-refractivity contribution in [1.82, 2.24) is 10.2 Å². The van der Waals surface area contributed by atoms with E-state index in [4.69, 9.17) is 0 Å². The van der Waals surface area contributed by atoms with Gasteiger partial charge in [0.05, 0.1) is 12.1 Å². The van der Waals surface area contributed by atoms with Crippen LogP contribution in [-0.2, 0) is 5.54 Å². The minimum absolute atomic E-state index is 0.119. The second-order valence-electron chi connectivity index (χ2n) is 4.91. The van der Waals surface area contributed by atoms with Gasteiger partial charge in [-0.1, -0.05) is 37.3 Å². The molecule has 102 valence electrons. The van der Waals surface area contributed by atoms with Gasteiger partial charge >= 0.3 is 0 Å². The van der Waals surface area contributed by atoms with Crippen molar-refractivity contribution < 1.29 is 5.11 Å². The Kier molecular flexibility index (Phi) is 6.33. The number of aliphatic hydroxyl groups is 1. The average Bonchev–Trinajstić information content (AvgIpc) is 2.42. The molecular weight excluding hydrogens is 224 g/mol. The van der Waals surface area contributed by atoms with Crippen LogP contribution in [-0.4, -0.2) is 43.8 Å². The third-order valence-corrected chi connectivity index (χ3v) is 3.60. The van der Waals surface area contributed by atoms with Gasteiger partial charge in [-0.05, 0) is 39.0 Å². The van der Waals surface area contributed by atoms with Crippen molar-refractivity contribution in [3.8, 4) is 0 Å². The van der Waals surface area contributed by atoms with Crippen LogP contribution in [0.25, 0.3) is 0 Å². The molecule has 1 rings (SSSR count). The Morgan fingerprint density at radius 1 is 1.22 bits per heavy atom. The molecule has 0 saturated carbocycles. The first-order chi connectivity index (χ1) is 8.68. The van der Waals surface area contributed by atoms with E-state index in [-0.39, 0.29) is 12.1 Å². The van der Waals surface area contributed by atoms with Crippen LogP contribution in [0.2, 0.25) is 0 Å². The molecule has 0 aromatic heterocycles. The lowest BCUT2D eigenvalue weighted by atomic mass is 9.87. The maximum atomic E-state index is 9.79. The smallest absolute Gasteiger partial charge is 0.0678 e. The van der Waals surface area contributed by atoms with E-state index >= 15 is 0 Å². The summed E-state index contributed by atoms with van der Waals surface area (Å²) in [7, 11) is 4.05. The summed E-state index contributed by atoms with van der Waals surface area (Å²) >= 11 is 0. The molecule has 0 fully saturated rings. The minimum Gasteiger partial charge on any atom is -0.394 e. The zero-order chi connectivity index (χ0) is 13.4. The highest BCUT2D eigenvalue weighted by atomic mass is 16.3. The molecule has 0 radical (unpaired) electrons. The normalized spacial score (nSPS) is 14.7. The van der Waals surface area contributed by atoms with E-state index in [1.54, 1.807) is 0 Å². The first-order valence-electron chi connectivity index (χ1n) is 6.72. The molecule has 0 saturated heterocycles. The number of benzene rings is 1. The van der Waals surface area contributed by atoms with Gasteiger partial charge in [0.1, 0.15) is 0 Å². The number of likely N-dealkylation sites (N-methyl/N-ethyl adjacent to an activating group) is 1. The van der Waals surface area contributed by atoms with Gasteiger partial charge in [0, 0.05) is 6.54 Å². The second-order valence-corrected chi connectivity index (χ2v) is 4.91. The summed E-state index contributed by atoms with van der Waals surface area (Å²) in [6.45, 7) is 4.38. The van der Waals surface area contributed by atoms with Crippen molar-refractivity contribution in [2.75, 3.05) is 33.8 Å². The Balaban J connectivity index is 2.75. The van der Waals surface area contributed by atoms with Crippen molar-refractivity contribution >= 4 is 0 Å². The molecule has 3 nitrogen and oxygen atoms in total. The molecular formula is C15H26N2O. The summed E-state index contributed by atoms with van der Waals surface area (Å²) in [6, 6.07) is 10.2. The molecule has 1 aromatic rings. The van der Waals surface area contributed by atoms with Crippen molar-refractivity contribution in [3.63, 3.8) is 0 Å². The lowest BCUT2D eigenvalue weighted by molar-refractivity contribution is 0.144. The van der Waals surface area contributed by atoms with Crippen LogP contribution >= 0.6 is 0 Å². The monoisotopic (exact) mass is 250 g/mol. The quantitative estimate of drug-likeness (QED) is 0.739. The minimum atomic E-state index is -0.330. The van der Waals surface area contributed by atoms with Crippen LogP contribution in [0.3, 0.4) is 0 Å². The largest absolute Gasteiger partial charge is 0.394 e. The summed E-state index contributed by atoms with van der Waals surface area (Å²) in [6.07, 6.45) is 2.06. The molecule has 18 heavy (non-hydrogen) atoms. The molecule has 1 atom stereocenters. The molecule has 0 spiro atoms. The molecule has 0 aliphatic carbocycles. The number of hydrogen-bond acceptors (Lipinski definition) is 3. The molecule has 0 amide bonds. The molecule has 0 aliphatic heterocycles. The number of nitrogens with one attached hydrogen (secondary N) is 1. The Bertz CT molecular complexity index is 323. The topological polar surface area (TPSA) is 35.5 Å². The summed E-state index contributed by atoms with van der Waals surface area (Å²) in [5.74, 6) is 0. The van der Waals surface area contributed by atoms with E-state index in [1.165, 1.54) is 0 Å². The van der Waals surface area contributed by atoms with E-state index in [0.29, 0.717) is 0 Å². The van der Waals surface area contributed by atoms with E-state index < -0.39 is 0 Å². The zero-order valence-electron chi connectivity index (χ0n) is 11.8. The van der Waals surface area contributed by atoms with Gasteiger partial charge in [-0.25, -0.2) is 0 Å². The molecule has 0 heterocycles. The SMILES string of the molecule is CCCN(C)CCC(CO)(NC)c1ccccc1. The predicted molar refractivity (Wildman–Crippen MR) is 76.7 cm³/mol. The average molecular weight is 250 g/mol. The summed E-state index contributed by atoms with van der Waals surface area (Å²) < 4.78 is 0. The van der Waals surface area contributed by atoms with Gasteiger partial charge in [-0.3, -0.25) is 0 Å². The van der Waals surface area contributed by atoms with Gasteiger partial charge in [-0.2, -0.15) is 0 Å². The van der Waals surface area contributed by atoms with E-state index in [2.05, 4.69) is 36.3 Å². The van der Waals surface area contributed by atoms with Crippen LogP contribution in [0, 0.1) is 0 Å². The second kappa shape index (κ2) is 7.52. The predicted octanol–water partition coefficient (Wildman–Crippen LogP) is 1.83. The lowest BCUT2D eigenvalue weighted by Gasteiger charge is -2.34. The molecule has 3 heteroatoms. The molecule has 2 N–H and O–H groups in total. The van der Waals surface area contributed by atoms with Crippen molar-refractivity contribution in [1.29, 1.82) is 0 Å². The Labute approximate surface area is 111 Å². The highest BCUT2D eigenvalue weighted by Gasteiger charge is 2.29. The number of hydrogen-bond donors (Lipinski definition) is 2. The maximum absolute atomic E-state index is 9.79. The number of nitrogens with zero attached hydrogens (tertiary/aromatic N) is 1. The van der Waals surface area contributed by atoms with Gasteiger partial charge < -0.3 is 15.3 Å². The molecule has 1 unspecified atom stereocenters. The summed E-state index contributed by atoms with van der Waals surface area (Å²) in [5, 5.41) is 13.1. The maximum Gasteiger partial charge on any atom is 0.0678 e. The van der Waals surface area contributed by atoms with Gasteiger partial charge in [0.25, 0.3) is 0 Å². The Hall–Kier alpha value is -0.900. The zero-order valence-corrected chi connectivity index (χ0v) is 11.8. The van der Waals surface area contributed by atoms with Crippen LogP contribution in [0.1, 0.15) is 25.3 Å². The van der Waals surface area contributed by atoms with E-state index in [9.17, 15) is 5.11 Å². The van der Waals surface area contributed by atoms with Crippen LogP contribution in [0.4, 0.5) is 0 Å². The number of rotatable bonds is 8. The van der Waals surface area contributed by atoms with Crippen molar-refractivity contribution in [2.45, 2.75) is 25.3 Å². The van der Waals surface area contributed by atoms with E-state index in [1.807, 2.05) is 25.2 Å². The van der Waals surface area contributed by atoms with Gasteiger partial charge in [-0.15, -0.1) is 0 Å². The Morgan fingerprint density at radius 2 is 1.89 bits per heavy atom. The fraction of sp³-hybridized carbons (Fsp3) is 0.600. The highest BCUT2D eigenvalue weighted by molar-refractivity contribution is 5.24. The van der Waals surface area contributed by atoms with Crippen LogP contribution in [0.15, 0.2) is 30.3 Å². The van der Waals surface area contributed by atoms with E-state index in [0.717, 1.165) is 31.5 Å². The van der Waals surface area contributed by atoms with Crippen LogP contribution < -0.4 is 5.32 Å². The fourth-order valence-electron chi connectivity index (χ4n) is 2.30. The summed E-state index contributed by atoms with van der Waals surface area (Å²) in [5.41, 5.74) is 0.823. The highest BCUT2D eigenvalue weighted by Crippen LogP contribution is 2.24. The first kappa shape index (κ1) is 15.2. The van der Waals surface area contributed by atoms with Gasteiger partial charge in [0.15, 0.2) is 0 Å². The van der Waals surface area contributed by atoms with Crippen LogP contribution in [0.5, 0.6) is 0 Å². The third kappa shape index (κ3) is 3.80. The third-order valence-electron chi connectivity index (χ3n) is 3.60. The van der Waals surface area contributed by atoms with Crippen molar-refractivity contribution in [2.24, 2.45) is 0 Å². The summed E-state index contributed by atoms with van der Waals surface area (Å²) in [4.78, 5) is 2.31. The molecule has 0 bridgehead atoms. The molecule has 0 aliphatic rings. The fourth-order valence-corrected chi connectivity index (χ4v) is 2.30. The van der Waals surface area contributed by atoms with Gasteiger partial charge in [0.2, 0.25) is 0 Å². The lowest BCUT2D eigenvalue weighted by Crippen LogP contribution is -2.45. The number of aliphatic hydroxyl groups excluding tert-OH is 1. The Morgan fingerprint density at radius 3 is 2.39 bits per heavy atom. The molecule has 1 aromatic carbocycles. The van der Waals surface area contributed by atoms with Crippen molar-refractivity contribution in [3.05, 3.63) is 35.9 Å². The first-order valence-corrected chi connectivity index (χ1v) is 6.72.